The maximum absolute atomic E-state index is 14.4. The van der Waals surface area contributed by atoms with Crippen LogP contribution in [0, 0.1) is 19.7 Å². The van der Waals surface area contributed by atoms with E-state index >= 15 is 0 Å². The average molecular weight is 286 g/mol. The second kappa shape index (κ2) is 6.27. The maximum Gasteiger partial charge on any atom is 0.147 e. The zero-order valence-corrected chi connectivity index (χ0v) is 13.2. The van der Waals surface area contributed by atoms with Gasteiger partial charge in [-0.25, -0.2) is 4.39 Å². The Balaban J connectivity index is 2.49. The Hall–Kier alpha value is -1.87. The van der Waals surface area contributed by atoms with E-state index in [1.165, 1.54) is 11.6 Å². The van der Waals surface area contributed by atoms with Crippen LogP contribution in [0.5, 0.6) is 0 Å². The zero-order valence-electron chi connectivity index (χ0n) is 13.2. The van der Waals surface area contributed by atoms with Gasteiger partial charge in [0.05, 0.1) is 5.69 Å². The second-order valence-corrected chi connectivity index (χ2v) is 5.78. The highest BCUT2D eigenvalue weighted by Crippen LogP contribution is 2.32. The van der Waals surface area contributed by atoms with E-state index in [1.54, 1.807) is 6.07 Å². The van der Waals surface area contributed by atoms with Crippen LogP contribution in [0.2, 0.25) is 0 Å². The third kappa shape index (κ3) is 3.42. The molecule has 21 heavy (non-hydrogen) atoms. The molecule has 2 aromatic rings. The van der Waals surface area contributed by atoms with Gasteiger partial charge in [0, 0.05) is 18.8 Å². The summed E-state index contributed by atoms with van der Waals surface area (Å²) in [6, 6.07) is 11.4. The number of rotatable bonds is 4. The molecule has 2 rings (SSSR count). The van der Waals surface area contributed by atoms with Gasteiger partial charge in [-0.05, 0) is 50.5 Å². The molecule has 0 aromatic heterocycles. The van der Waals surface area contributed by atoms with Crippen LogP contribution in [0.4, 0.5) is 15.8 Å². The van der Waals surface area contributed by atoms with Crippen LogP contribution in [-0.4, -0.2) is 13.1 Å². The van der Waals surface area contributed by atoms with Gasteiger partial charge in [-0.2, -0.15) is 0 Å². The Bertz CT molecular complexity index is 635. The molecule has 0 spiro atoms. The van der Waals surface area contributed by atoms with Crippen molar-refractivity contribution in [3.8, 4) is 0 Å². The standard InChI is InChI=1S/C18H23FN2/c1-12-8-9-17(13(2)10-12)21(4)18-15(11-14(3)20)6-5-7-16(18)19/h5-10,14H,11,20H2,1-4H3. The second-order valence-electron chi connectivity index (χ2n) is 5.78. The van der Waals surface area contributed by atoms with Crippen LogP contribution in [-0.2, 0) is 6.42 Å². The molecular weight excluding hydrogens is 263 g/mol. The van der Waals surface area contributed by atoms with Crippen molar-refractivity contribution in [1.29, 1.82) is 0 Å². The van der Waals surface area contributed by atoms with E-state index in [2.05, 4.69) is 13.0 Å². The van der Waals surface area contributed by atoms with E-state index in [-0.39, 0.29) is 11.9 Å². The van der Waals surface area contributed by atoms with Gasteiger partial charge in [0.25, 0.3) is 0 Å². The van der Waals surface area contributed by atoms with Crippen LogP contribution in [0.3, 0.4) is 0 Å². The van der Waals surface area contributed by atoms with E-state index in [0.717, 1.165) is 16.8 Å². The number of aryl methyl sites for hydroxylation is 2. The first kappa shape index (κ1) is 15.5. The molecule has 0 saturated heterocycles. The lowest BCUT2D eigenvalue weighted by molar-refractivity contribution is 0.622. The molecule has 0 aliphatic heterocycles. The van der Waals surface area contributed by atoms with Crippen molar-refractivity contribution in [2.24, 2.45) is 5.73 Å². The first-order valence-electron chi connectivity index (χ1n) is 7.24. The molecule has 0 bridgehead atoms. The molecule has 0 aliphatic carbocycles. The number of halogens is 1. The van der Waals surface area contributed by atoms with Crippen molar-refractivity contribution in [2.75, 3.05) is 11.9 Å². The normalized spacial score (nSPS) is 12.3. The van der Waals surface area contributed by atoms with Crippen LogP contribution in [0.1, 0.15) is 23.6 Å². The summed E-state index contributed by atoms with van der Waals surface area (Å²) in [4.78, 5) is 1.92. The van der Waals surface area contributed by atoms with Gasteiger partial charge in [0.1, 0.15) is 5.82 Å². The number of nitrogens with two attached hydrogens (primary N) is 1. The Morgan fingerprint density at radius 2 is 1.90 bits per heavy atom. The predicted octanol–water partition coefficient (Wildman–Crippen LogP) is 4.10. The average Bonchev–Trinajstić information content (AvgIpc) is 2.37. The Morgan fingerprint density at radius 3 is 2.52 bits per heavy atom. The number of anilines is 2. The zero-order chi connectivity index (χ0) is 15.6. The first-order chi connectivity index (χ1) is 9.90. The molecule has 2 N–H and O–H groups in total. The molecule has 1 atom stereocenters. The van der Waals surface area contributed by atoms with Crippen molar-refractivity contribution in [2.45, 2.75) is 33.2 Å². The lowest BCUT2D eigenvalue weighted by atomic mass is 10.0. The lowest BCUT2D eigenvalue weighted by Crippen LogP contribution is -2.21. The molecule has 0 aliphatic rings. The minimum Gasteiger partial charge on any atom is -0.342 e. The summed E-state index contributed by atoms with van der Waals surface area (Å²) in [6.45, 7) is 6.04. The predicted molar refractivity (Wildman–Crippen MR) is 87.7 cm³/mol. The van der Waals surface area contributed by atoms with Gasteiger partial charge in [-0.15, -0.1) is 0 Å². The third-order valence-electron chi connectivity index (χ3n) is 3.66. The SMILES string of the molecule is Cc1ccc(N(C)c2c(F)cccc2CC(C)N)c(C)c1. The molecule has 112 valence electrons. The third-order valence-corrected chi connectivity index (χ3v) is 3.66. The highest BCUT2D eigenvalue weighted by Gasteiger charge is 2.16. The summed E-state index contributed by atoms with van der Waals surface area (Å²) in [6.07, 6.45) is 0.655. The van der Waals surface area contributed by atoms with Crippen molar-refractivity contribution in [1.82, 2.24) is 0 Å². The van der Waals surface area contributed by atoms with E-state index in [4.69, 9.17) is 5.73 Å². The Kier molecular flexibility index (Phi) is 4.63. The van der Waals surface area contributed by atoms with Crippen LogP contribution >= 0.6 is 0 Å². The highest BCUT2D eigenvalue weighted by molar-refractivity contribution is 5.69. The molecule has 1 unspecified atom stereocenters. The molecule has 0 amide bonds. The fraction of sp³-hybridized carbons (Fsp3) is 0.333. The molecule has 2 aromatic carbocycles. The van der Waals surface area contributed by atoms with E-state index in [1.807, 2.05) is 44.0 Å². The number of para-hydroxylation sites is 1. The Labute approximate surface area is 126 Å². The number of nitrogens with zero attached hydrogens (tertiary/aromatic N) is 1. The number of benzene rings is 2. The fourth-order valence-corrected chi connectivity index (χ4v) is 2.75. The van der Waals surface area contributed by atoms with Crippen LogP contribution in [0.15, 0.2) is 36.4 Å². The highest BCUT2D eigenvalue weighted by atomic mass is 19.1. The molecule has 2 nitrogen and oxygen atoms in total. The van der Waals surface area contributed by atoms with E-state index < -0.39 is 0 Å². The molecule has 0 saturated carbocycles. The van der Waals surface area contributed by atoms with Gasteiger partial charge in [-0.3, -0.25) is 0 Å². The summed E-state index contributed by atoms with van der Waals surface area (Å²) in [7, 11) is 1.90. The quantitative estimate of drug-likeness (QED) is 0.917. The topological polar surface area (TPSA) is 29.3 Å². The molecule has 3 heteroatoms. The number of hydrogen-bond donors (Lipinski definition) is 1. The minimum absolute atomic E-state index is 0.00179. The van der Waals surface area contributed by atoms with Crippen LogP contribution < -0.4 is 10.6 Å². The van der Waals surface area contributed by atoms with Crippen molar-refractivity contribution in [3.63, 3.8) is 0 Å². The summed E-state index contributed by atoms with van der Waals surface area (Å²) < 4.78 is 14.4. The maximum atomic E-state index is 14.4. The molecule has 0 heterocycles. The lowest BCUT2D eigenvalue weighted by Gasteiger charge is -2.25. The number of hydrogen-bond acceptors (Lipinski definition) is 2. The van der Waals surface area contributed by atoms with E-state index in [9.17, 15) is 4.39 Å². The fourth-order valence-electron chi connectivity index (χ4n) is 2.75. The van der Waals surface area contributed by atoms with Gasteiger partial charge >= 0.3 is 0 Å². The molecule has 0 fully saturated rings. The smallest absolute Gasteiger partial charge is 0.147 e. The largest absolute Gasteiger partial charge is 0.342 e. The van der Waals surface area contributed by atoms with Gasteiger partial charge < -0.3 is 10.6 Å². The van der Waals surface area contributed by atoms with Gasteiger partial charge in [0.2, 0.25) is 0 Å². The van der Waals surface area contributed by atoms with Gasteiger partial charge in [-0.1, -0.05) is 29.8 Å². The minimum atomic E-state index is -0.212. The summed E-state index contributed by atoms with van der Waals surface area (Å²) in [5, 5.41) is 0. The van der Waals surface area contributed by atoms with Crippen LogP contribution in [0.25, 0.3) is 0 Å². The van der Waals surface area contributed by atoms with Crippen molar-refractivity contribution < 1.29 is 4.39 Å². The first-order valence-corrected chi connectivity index (χ1v) is 7.24. The summed E-state index contributed by atoms with van der Waals surface area (Å²) in [5.74, 6) is -0.212. The Morgan fingerprint density at radius 1 is 1.19 bits per heavy atom. The van der Waals surface area contributed by atoms with E-state index in [0.29, 0.717) is 12.1 Å². The molecule has 0 radical (unpaired) electrons. The van der Waals surface area contributed by atoms with Crippen molar-refractivity contribution >= 4 is 11.4 Å². The molecular formula is C18H23FN2. The summed E-state index contributed by atoms with van der Waals surface area (Å²) >= 11 is 0. The van der Waals surface area contributed by atoms with Crippen molar-refractivity contribution in [3.05, 3.63) is 58.9 Å². The monoisotopic (exact) mass is 286 g/mol. The summed E-state index contributed by atoms with van der Waals surface area (Å²) in [5.41, 5.74) is 10.8. The van der Waals surface area contributed by atoms with Gasteiger partial charge in [0.15, 0.2) is 0 Å².